The molecule has 6 aromatic rings. The van der Waals surface area contributed by atoms with Crippen molar-refractivity contribution >= 4 is 62.0 Å². The summed E-state index contributed by atoms with van der Waals surface area (Å²) in [5.41, 5.74) is 6.10. The van der Waals surface area contributed by atoms with E-state index in [0.29, 0.717) is 5.57 Å². The Bertz CT molecular complexity index is 1590. The zero-order valence-electron chi connectivity index (χ0n) is 23.0. The van der Waals surface area contributed by atoms with E-state index in [4.69, 9.17) is 10.2 Å². The van der Waals surface area contributed by atoms with Gasteiger partial charge < -0.3 is 25.2 Å². The number of H-pyrrole nitrogens is 3. The van der Waals surface area contributed by atoms with Crippen LogP contribution in [0, 0.1) is 5.41 Å². The average molecular weight is 632 g/mol. The Labute approximate surface area is 252 Å². The van der Waals surface area contributed by atoms with E-state index < -0.39 is 17.4 Å². The lowest BCUT2D eigenvalue weighted by Crippen LogP contribution is -2.29. The van der Waals surface area contributed by atoms with Crippen molar-refractivity contribution in [1.29, 1.82) is 0 Å². The highest BCUT2D eigenvalue weighted by Crippen LogP contribution is 2.34. The maximum Gasteiger partial charge on any atom is 0.331 e. The number of para-hydroxylation sites is 6. The summed E-state index contributed by atoms with van der Waals surface area (Å²) in [5.74, 6) is -2.05. The van der Waals surface area contributed by atoms with Crippen LogP contribution in [0.3, 0.4) is 0 Å². The van der Waals surface area contributed by atoms with Gasteiger partial charge in [0.1, 0.15) is 0 Å². The number of halogens is 1. The summed E-state index contributed by atoms with van der Waals surface area (Å²) < 4.78 is 0. The maximum absolute atomic E-state index is 10.9. The summed E-state index contributed by atoms with van der Waals surface area (Å²) in [5, 5.41) is 17.7. The summed E-state index contributed by atoms with van der Waals surface area (Å²) in [6, 6.07) is 23.8. The topological polar surface area (TPSA) is 161 Å². The second-order valence-electron chi connectivity index (χ2n) is 9.52. The molecule has 1 atom stereocenters. The van der Waals surface area contributed by atoms with Gasteiger partial charge in [0.15, 0.2) is 0 Å². The first-order chi connectivity index (χ1) is 19.7. The van der Waals surface area contributed by atoms with Crippen molar-refractivity contribution in [3.05, 3.63) is 115 Å². The number of aromatic amines is 3. The summed E-state index contributed by atoms with van der Waals surface area (Å²) >= 11 is 0. The summed E-state index contributed by atoms with van der Waals surface area (Å²) in [7, 11) is 0. The number of allylic oxidation sites excluding steroid dienone is 2. The molecular formula is C31H31BrN6O4. The fourth-order valence-corrected chi connectivity index (χ4v) is 4.23. The van der Waals surface area contributed by atoms with Gasteiger partial charge >= 0.3 is 11.9 Å². The van der Waals surface area contributed by atoms with Gasteiger partial charge in [0, 0.05) is 5.57 Å². The standard InChI is InChI=1S/C10H12O4.3C7H6N2.BrH/c1-6-3-7(8(11)12)5-10(2,4-6)9(13)14;3*1-2-4-7-6(3-1)8-5-9-7;/h3-4H,5H2,1-2H3,(H,11,12)(H,13,14);3*1-5H,(H,8,9);1H. The Balaban J connectivity index is 0.000000155. The highest BCUT2D eigenvalue weighted by Gasteiger charge is 2.35. The zero-order valence-corrected chi connectivity index (χ0v) is 24.7. The lowest BCUT2D eigenvalue weighted by Gasteiger charge is -2.25. The van der Waals surface area contributed by atoms with Crippen molar-refractivity contribution in [3.63, 3.8) is 0 Å². The first kappa shape index (κ1) is 31.5. The number of benzene rings is 3. The second kappa shape index (κ2) is 14.6. The fraction of sp³-hybridized carbons (Fsp3) is 0.129. The molecule has 42 heavy (non-hydrogen) atoms. The maximum atomic E-state index is 10.9. The van der Waals surface area contributed by atoms with E-state index in [1.807, 2.05) is 72.8 Å². The summed E-state index contributed by atoms with van der Waals surface area (Å²) in [6.45, 7) is 3.22. The molecule has 0 aliphatic heterocycles. The Morgan fingerprint density at radius 2 is 1.10 bits per heavy atom. The van der Waals surface area contributed by atoms with E-state index in [2.05, 4.69) is 29.9 Å². The van der Waals surface area contributed by atoms with Gasteiger partial charge in [-0.1, -0.05) is 48.0 Å². The number of fused-ring (bicyclic) bond motifs is 3. The SMILES string of the molecule is Br.CC1=CC(C)(C(=O)O)CC(C(=O)O)=C1.c1ccc2[nH]cnc2c1.c1ccc2[nH]cnc2c1.c1ccc2[nH]cnc2c1. The van der Waals surface area contributed by atoms with Crippen molar-refractivity contribution in [2.75, 3.05) is 0 Å². The molecule has 0 fully saturated rings. The third-order valence-electron chi connectivity index (χ3n) is 6.25. The third kappa shape index (κ3) is 8.24. The van der Waals surface area contributed by atoms with E-state index in [9.17, 15) is 9.59 Å². The van der Waals surface area contributed by atoms with Crippen molar-refractivity contribution in [2.24, 2.45) is 5.41 Å². The van der Waals surface area contributed by atoms with Crippen molar-refractivity contribution in [2.45, 2.75) is 20.3 Å². The quantitative estimate of drug-likeness (QED) is 0.142. The molecule has 10 nitrogen and oxygen atoms in total. The Hall–Kier alpha value is -5.03. The number of nitrogens with one attached hydrogen (secondary N) is 3. The zero-order chi connectivity index (χ0) is 29.2. The molecule has 0 saturated carbocycles. The van der Waals surface area contributed by atoms with Gasteiger partial charge in [0.05, 0.1) is 57.5 Å². The molecule has 3 aromatic carbocycles. The van der Waals surface area contributed by atoms with E-state index in [1.165, 1.54) is 13.0 Å². The highest BCUT2D eigenvalue weighted by molar-refractivity contribution is 8.93. The monoisotopic (exact) mass is 630 g/mol. The van der Waals surface area contributed by atoms with Crippen LogP contribution in [0.5, 0.6) is 0 Å². The largest absolute Gasteiger partial charge is 0.481 e. The number of imidazole rings is 3. The van der Waals surface area contributed by atoms with Crippen LogP contribution in [0.15, 0.2) is 115 Å². The summed E-state index contributed by atoms with van der Waals surface area (Å²) in [6.07, 6.45) is 8.23. The van der Waals surface area contributed by atoms with Gasteiger partial charge in [0.25, 0.3) is 0 Å². The van der Waals surface area contributed by atoms with Gasteiger partial charge in [-0.15, -0.1) is 17.0 Å². The minimum absolute atomic E-state index is 0. The van der Waals surface area contributed by atoms with Gasteiger partial charge in [-0.25, -0.2) is 19.7 Å². The number of hydrogen-bond donors (Lipinski definition) is 5. The Morgan fingerprint density at radius 1 is 0.714 bits per heavy atom. The number of carboxylic acids is 2. The van der Waals surface area contributed by atoms with Crippen molar-refractivity contribution in [1.82, 2.24) is 29.9 Å². The van der Waals surface area contributed by atoms with E-state index in [-0.39, 0.29) is 29.0 Å². The van der Waals surface area contributed by atoms with Crippen LogP contribution in [0.1, 0.15) is 20.3 Å². The number of carbonyl (C=O) groups is 2. The molecule has 1 aliphatic rings. The molecular weight excluding hydrogens is 600 g/mol. The molecule has 3 heterocycles. The minimum atomic E-state index is -1.09. The first-order valence-corrected chi connectivity index (χ1v) is 12.8. The van der Waals surface area contributed by atoms with Crippen LogP contribution in [-0.2, 0) is 9.59 Å². The van der Waals surface area contributed by atoms with Crippen LogP contribution in [0.4, 0.5) is 0 Å². The van der Waals surface area contributed by atoms with E-state index in [1.54, 1.807) is 32.0 Å². The molecule has 0 saturated heterocycles. The molecule has 0 amide bonds. The lowest BCUT2D eigenvalue weighted by molar-refractivity contribution is -0.145. The number of nitrogens with zero attached hydrogens (tertiary/aromatic N) is 3. The predicted octanol–water partition coefficient (Wildman–Crippen LogP) is 6.70. The average Bonchev–Trinajstić information content (AvgIpc) is 3.74. The molecule has 5 N–H and O–H groups in total. The van der Waals surface area contributed by atoms with E-state index >= 15 is 0 Å². The molecule has 3 aromatic heterocycles. The Kier molecular flexibility index (Phi) is 10.9. The number of carboxylic acid groups (broad SMARTS) is 2. The van der Waals surface area contributed by atoms with Gasteiger partial charge in [-0.05, 0) is 62.7 Å². The summed E-state index contributed by atoms with van der Waals surface area (Å²) in [4.78, 5) is 42.9. The molecule has 0 radical (unpaired) electrons. The predicted molar refractivity (Wildman–Crippen MR) is 168 cm³/mol. The molecule has 1 aliphatic carbocycles. The molecule has 11 heteroatoms. The third-order valence-corrected chi connectivity index (χ3v) is 6.25. The van der Waals surface area contributed by atoms with Crippen LogP contribution in [0.2, 0.25) is 0 Å². The minimum Gasteiger partial charge on any atom is -0.481 e. The lowest BCUT2D eigenvalue weighted by atomic mass is 9.78. The highest BCUT2D eigenvalue weighted by atomic mass is 79.9. The fourth-order valence-electron chi connectivity index (χ4n) is 4.23. The molecule has 0 bridgehead atoms. The van der Waals surface area contributed by atoms with E-state index in [0.717, 1.165) is 33.1 Å². The Morgan fingerprint density at radius 3 is 1.43 bits per heavy atom. The van der Waals surface area contributed by atoms with Crippen molar-refractivity contribution < 1.29 is 19.8 Å². The second-order valence-corrected chi connectivity index (χ2v) is 9.52. The van der Waals surface area contributed by atoms with Gasteiger partial charge in [0.2, 0.25) is 0 Å². The molecule has 7 rings (SSSR count). The first-order valence-electron chi connectivity index (χ1n) is 12.8. The van der Waals surface area contributed by atoms with Gasteiger partial charge in [-0.3, -0.25) is 4.79 Å². The molecule has 216 valence electrons. The number of aromatic nitrogens is 6. The van der Waals surface area contributed by atoms with Crippen LogP contribution in [-0.4, -0.2) is 52.1 Å². The van der Waals surface area contributed by atoms with Crippen LogP contribution in [0.25, 0.3) is 33.1 Å². The van der Waals surface area contributed by atoms with Crippen LogP contribution < -0.4 is 0 Å². The number of aliphatic carboxylic acids is 2. The number of hydrogen-bond acceptors (Lipinski definition) is 5. The van der Waals surface area contributed by atoms with Crippen molar-refractivity contribution in [3.8, 4) is 0 Å². The normalized spacial score (nSPS) is 15.4. The van der Waals surface area contributed by atoms with Gasteiger partial charge in [-0.2, -0.15) is 0 Å². The molecule has 1 unspecified atom stereocenters. The molecule has 0 spiro atoms. The number of rotatable bonds is 2. The smallest absolute Gasteiger partial charge is 0.331 e. The van der Waals surface area contributed by atoms with Crippen LogP contribution >= 0.6 is 17.0 Å².